The number of nitrogens with zero attached hydrogens (tertiary/aromatic N) is 1. The van der Waals surface area contributed by atoms with E-state index in [9.17, 15) is 9.59 Å². The maximum Gasteiger partial charge on any atom is 0.411 e. The van der Waals surface area contributed by atoms with Crippen LogP contribution >= 0.6 is 11.3 Å². The normalized spacial score (nSPS) is 25.5. The van der Waals surface area contributed by atoms with Crippen LogP contribution in [0, 0.1) is 0 Å². The van der Waals surface area contributed by atoms with E-state index in [4.69, 9.17) is 13.9 Å². The van der Waals surface area contributed by atoms with Gasteiger partial charge in [0.05, 0.1) is 6.04 Å². The van der Waals surface area contributed by atoms with Crippen LogP contribution in [-0.2, 0) is 18.7 Å². The van der Waals surface area contributed by atoms with E-state index >= 15 is 0 Å². The zero-order valence-electron chi connectivity index (χ0n) is 21.3. The number of carbonyl (C=O) groups excluding carboxylic acids is 2. The van der Waals surface area contributed by atoms with E-state index in [2.05, 4.69) is 46.9 Å². The van der Waals surface area contributed by atoms with Crippen molar-refractivity contribution in [2.45, 2.75) is 82.8 Å². The fourth-order valence-electron chi connectivity index (χ4n) is 5.85. The van der Waals surface area contributed by atoms with E-state index in [1.165, 1.54) is 16.2 Å². The van der Waals surface area contributed by atoms with Gasteiger partial charge in [0, 0.05) is 4.88 Å². The van der Waals surface area contributed by atoms with Crippen molar-refractivity contribution in [1.29, 1.82) is 0 Å². The van der Waals surface area contributed by atoms with Crippen LogP contribution in [0.4, 0.5) is 4.79 Å². The summed E-state index contributed by atoms with van der Waals surface area (Å²) in [6.45, 7) is 13.4. The van der Waals surface area contributed by atoms with Crippen molar-refractivity contribution in [1.82, 2.24) is 10.2 Å². The molecular formula is C26H36N2O5SSi. The number of amides is 2. The maximum absolute atomic E-state index is 13.7. The standard InChI is InChI=1S/C26H36N2O5SSi/c1-16(2)35(17(3)4,18(5)6)33-25-27-24(29)22(23(32-25)21-13-10-14-34-21)28-20(15-31-26(28)30)19-11-8-7-9-12-19/h7-14,16-18,20,22-23,25H,15H2,1-6H3,(H,27,29)/t20-,22?,23?,25-/m1/s1. The van der Waals surface area contributed by atoms with Crippen molar-refractivity contribution in [2.75, 3.05) is 6.61 Å². The van der Waals surface area contributed by atoms with Crippen LogP contribution in [0.3, 0.4) is 0 Å². The summed E-state index contributed by atoms with van der Waals surface area (Å²) in [5.41, 5.74) is 1.91. The zero-order valence-corrected chi connectivity index (χ0v) is 23.1. The maximum atomic E-state index is 13.7. The summed E-state index contributed by atoms with van der Waals surface area (Å²) in [4.78, 5) is 29.1. The van der Waals surface area contributed by atoms with Gasteiger partial charge < -0.3 is 19.2 Å². The molecule has 2 aliphatic heterocycles. The van der Waals surface area contributed by atoms with E-state index in [0.717, 1.165) is 10.4 Å². The Hall–Kier alpha value is -2.20. The molecule has 35 heavy (non-hydrogen) atoms. The van der Waals surface area contributed by atoms with Crippen LogP contribution in [0.25, 0.3) is 0 Å². The molecule has 0 spiro atoms. The first-order chi connectivity index (χ1) is 16.7. The minimum Gasteiger partial charge on any atom is -0.447 e. The van der Waals surface area contributed by atoms with E-state index < -0.39 is 33.0 Å². The number of ether oxygens (including phenoxy) is 2. The first-order valence-electron chi connectivity index (χ1n) is 12.3. The van der Waals surface area contributed by atoms with Gasteiger partial charge in [0.15, 0.2) is 0 Å². The van der Waals surface area contributed by atoms with Crippen LogP contribution in [0.5, 0.6) is 0 Å². The minimum absolute atomic E-state index is 0.188. The second kappa shape index (κ2) is 10.4. The molecule has 0 aliphatic carbocycles. The number of rotatable bonds is 8. The lowest BCUT2D eigenvalue weighted by molar-refractivity contribution is -0.197. The average molecular weight is 517 g/mol. The van der Waals surface area contributed by atoms with Gasteiger partial charge in [-0.2, -0.15) is 0 Å². The smallest absolute Gasteiger partial charge is 0.411 e. The highest BCUT2D eigenvalue weighted by Crippen LogP contribution is 2.45. The Labute approximate surface area is 212 Å². The molecule has 2 aliphatic rings. The summed E-state index contributed by atoms with van der Waals surface area (Å²) in [5, 5.41) is 4.90. The van der Waals surface area contributed by atoms with Crippen molar-refractivity contribution >= 4 is 31.7 Å². The Morgan fingerprint density at radius 1 is 1.00 bits per heavy atom. The molecule has 1 N–H and O–H groups in total. The second-order valence-corrected chi connectivity index (χ2v) is 16.6. The largest absolute Gasteiger partial charge is 0.447 e. The summed E-state index contributed by atoms with van der Waals surface area (Å²) >= 11 is 1.50. The van der Waals surface area contributed by atoms with Crippen molar-refractivity contribution < 1.29 is 23.5 Å². The highest BCUT2D eigenvalue weighted by molar-refractivity contribution is 7.10. The molecule has 0 saturated carbocycles. The second-order valence-electron chi connectivity index (χ2n) is 10.2. The van der Waals surface area contributed by atoms with Gasteiger partial charge in [0.25, 0.3) is 0 Å². The Morgan fingerprint density at radius 2 is 1.66 bits per heavy atom. The van der Waals surface area contributed by atoms with Crippen molar-refractivity contribution in [3.05, 3.63) is 58.3 Å². The molecule has 190 valence electrons. The van der Waals surface area contributed by atoms with Gasteiger partial charge in [-0.25, -0.2) is 4.79 Å². The number of cyclic esters (lactones) is 1. The first-order valence-corrected chi connectivity index (χ1v) is 15.4. The van der Waals surface area contributed by atoms with Crippen molar-refractivity contribution in [3.63, 3.8) is 0 Å². The van der Waals surface area contributed by atoms with E-state index in [0.29, 0.717) is 16.6 Å². The SMILES string of the molecule is CC(C)[Si](O[C@@H]1NC(=O)C(N2C(=O)OC[C@@H]2c2ccccc2)C(c2cccs2)O1)(C(C)C)C(C)C. The van der Waals surface area contributed by atoms with Crippen LogP contribution < -0.4 is 5.32 Å². The Kier molecular flexibility index (Phi) is 7.70. The molecule has 1 aromatic heterocycles. The van der Waals surface area contributed by atoms with Gasteiger partial charge in [-0.3, -0.25) is 9.69 Å². The van der Waals surface area contributed by atoms with Crippen LogP contribution in [0.1, 0.15) is 64.1 Å². The predicted octanol–water partition coefficient (Wildman–Crippen LogP) is 5.97. The molecule has 2 saturated heterocycles. The first kappa shape index (κ1) is 25.9. The molecule has 0 radical (unpaired) electrons. The number of benzene rings is 1. The molecule has 1 aromatic carbocycles. The van der Waals surface area contributed by atoms with Crippen molar-refractivity contribution in [3.8, 4) is 0 Å². The number of thiophene rings is 1. The molecule has 4 rings (SSSR count). The molecule has 4 atom stereocenters. The Balaban J connectivity index is 1.68. The topological polar surface area (TPSA) is 77.1 Å². The summed E-state index contributed by atoms with van der Waals surface area (Å²) in [5.74, 6) is -0.293. The van der Waals surface area contributed by atoms with Crippen LogP contribution in [0.15, 0.2) is 47.8 Å². The van der Waals surface area contributed by atoms with Gasteiger partial charge >= 0.3 is 6.09 Å². The van der Waals surface area contributed by atoms with E-state index in [1.54, 1.807) is 0 Å². The van der Waals surface area contributed by atoms with E-state index in [1.807, 2.05) is 47.8 Å². The molecule has 7 nitrogen and oxygen atoms in total. The molecule has 2 aromatic rings. The molecule has 3 heterocycles. The lowest BCUT2D eigenvalue weighted by Gasteiger charge is -2.47. The van der Waals surface area contributed by atoms with Crippen LogP contribution in [-0.4, -0.2) is 44.3 Å². The van der Waals surface area contributed by atoms with Crippen molar-refractivity contribution in [2.24, 2.45) is 0 Å². The predicted molar refractivity (Wildman–Crippen MR) is 138 cm³/mol. The molecule has 2 amide bonds. The fourth-order valence-corrected chi connectivity index (χ4v) is 11.9. The molecule has 0 bridgehead atoms. The third kappa shape index (κ3) is 4.79. The van der Waals surface area contributed by atoms with Gasteiger partial charge in [-0.15, -0.1) is 11.3 Å². The third-order valence-corrected chi connectivity index (χ3v) is 14.3. The Morgan fingerprint density at radius 3 is 2.23 bits per heavy atom. The quantitative estimate of drug-likeness (QED) is 0.437. The minimum atomic E-state index is -2.33. The summed E-state index contributed by atoms with van der Waals surface area (Å²) in [7, 11) is -2.33. The Bertz CT molecular complexity index is 992. The van der Waals surface area contributed by atoms with Crippen LogP contribution in [0.2, 0.25) is 16.6 Å². The molecule has 9 heteroatoms. The average Bonchev–Trinajstić information content (AvgIpc) is 3.47. The summed E-state index contributed by atoms with van der Waals surface area (Å²) < 4.78 is 18.7. The lowest BCUT2D eigenvalue weighted by Crippen LogP contribution is -2.63. The van der Waals surface area contributed by atoms with E-state index in [-0.39, 0.29) is 18.6 Å². The van der Waals surface area contributed by atoms with Gasteiger partial charge in [0.1, 0.15) is 18.8 Å². The summed E-state index contributed by atoms with van der Waals surface area (Å²) in [6, 6.07) is 12.3. The van der Waals surface area contributed by atoms with Gasteiger partial charge in [-0.1, -0.05) is 77.9 Å². The third-order valence-electron chi connectivity index (χ3n) is 7.32. The molecular weight excluding hydrogens is 480 g/mol. The zero-order chi connectivity index (χ0) is 25.3. The highest BCUT2D eigenvalue weighted by atomic mass is 32.1. The number of nitrogens with one attached hydrogen (secondary N) is 1. The fraction of sp³-hybridized carbons (Fsp3) is 0.538. The lowest BCUT2D eigenvalue weighted by atomic mass is 10.0. The van der Waals surface area contributed by atoms with Gasteiger partial charge in [-0.05, 0) is 33.6 Å². The summed E-state index contributed by atoms with van der Waals surface area (Å²) in [6.07, 6.45) is -2.05. The number of hydrogen-bond donors (Lipinski definition) is 1. The number of carbonyl (C=O) groups is 2. The highest BCUT2D eigenvalue weighted by Gasteiger charge is 2.53. The molecule has 2 fully saturated rings. The monoisotopic (exact) mass is 516 g/mol. The molecule has 2 unspecified atom stereocenters. The van der Waals surface area contributed by atoms with Gasteiger partial charge in [0.2, 0.25) is 20.6 Å². The number of hydrogen-bond acceptors (Lipinski definition) is 6.